The number of likely N-dealkylation sites (tertiary alicyclic amines) is 1. The Morgan fingerprint density at radius 3 is 2.81 bits per heavy atom. The van der Waals surface area contributed by atoms with Crippen molar-refractivity contribution in [1.82, 2.24) is 19.8 Å². The summed E-state index contributed by atoms with van der Waals surface area (Å²) in [5.41, 5.74) is 0.00918. The first-order valence-corrected chi connectivity index (χ1v) is 11.1. The second kappa shape index (κ2) is 9.20. The lowest BCUT2D eigenvalue weighted by Gasteiger charge is -2.45. The highest BCUT2D eigenvalue weighted by molar-refractivity contribution is 5.89. The van der Waals surface area contributed by atoms with Crippen molar-refractivity contribution in [3.63, 3.8) is 0 Å². The highest BCUT2D eigenvalue weighted by Gasteiger charge is 2.47. The normalized spacial score (nSPS) is 19.5. The van der Waals surface area contributed by atoms with E-state index in [1.807, 2.05) is 29.0 Å². The number of hydrogen-bond acceptors (Lipinski definition) is 5. The van der Waals surface area contributed by atoms with E-state index in [0.29, 0.717) is 56.4 Å². The van der Waals surface area contributed by atoms with Gasteiger partial charge in [-0.1, -0.05) is 19.9 Å². The van der Waals surface area contributed by atoms with Crippen LogP contribution in [0.1, 0.15) is 32.5 Å². The van der Waals surface area contributed by atoms with Gasteiger partial charge in [0.15, 0.2) is 6.10 Å². The quantitative estimate of drug-likeness (QED) is 0.743. The predicted octanol–water partition coefficient (Wildman–Crippen LogP) is 2.59. The van der Waals surface area contributed by atoms with Gasteiger partial charge in [0.1, 0.15) is 17.2 Å². The number of carbonyl (C=O) groups excluding carboxylic acids is 2. The van der Waals surface area contributed by atoms with Gasteiger partial charge < -0.3 is 29.6 Å². The number of anilines is 1. The number of benzene rings is 1. The SMILES string of the molecule is COc1cccc(NC(=O)N2CCC3(CC2)O[C@H](C(=O)NCC(C)C)Cn2ccnc23)c1. The predicted molar refractivity (Wildman–Crippen MR) is 119 cm³/mol. The van der Waals surface area contributed by atoms with Crippen LogP contribution in [0.15, 0.2) is 36.7 Å². The number of aromatic nitrogens is 2. The molecule has 0 unspecified atom stereocenters. The van der Waals surface area contributed by atoms with E-state index in [4.69, 9.17) is 9.47 Å². The number of urea groups is 1. The molecule has 1 aromatic heterocycles. The monoisotopic (exact) mass is 441 g/mol. The molecule has 1 spiro atoms. The van der Waals surface area contributed by atoms with Crippen LogP contribution in [0.4, 0.5) is 10.5 Å². The van der Waals surface area contributed by atoms with Crippen LogP contribution in [-0.2, 0) is 21.7 Å². The lowest BCUT2D eigenvalue weighted by Crippen LogP contribution is -2.55. The molecule has 1 atom stereocenters. The third-order valence-corrected chi connectivity index (χ3v) is 6.01. The summed E-state index contributed by atoms with van der Waals surface area (Å²) < 4.78 is 13.6. The maximum atomic E-state index is 12.8. The van der Waals surface area contributed by atoms with Crippen molar-refractivity contribution in [2.24, 2.45) is 5.92 Å². The van der Waals surface area contributed by atoms with Gasteiger partial charge in [-0.05, 0) is 18.1 Å². The number of nitrogens with one attached hydrogen (secondary N) is 2. The number of hydrogen-bond donors (Lipinski definition) is 2. The number of amides is 3. The molecule has 0 saturated carbocycles. The maximum Gasteiger partial charge on any atom is 0.321 e. The molecule has 172 valence electrons. The molecule has 0 bridgehead atoms. The molecule has 2 aliphatic rings. The molecule has 9 heteroatoms. The van der Waals surface area contributed by atoms with Gasteiger partial charge in [0, 0.05) is 56.6 Å². The molecule has 3 amide bonds. The molecule has 0 aliphatic carbocycles. The van der Waals surface area contributed by atoms with Crippen molar-refractivity contribution < 1.29 is 19.1 Å². The van der Waals surface area contributed by atoms with Gasteiger partial charge in [-0.2, -0.15) is 0 Å². The summed E-state index contributed by atoms with van der Waals surface area (Å²) in [6, 6.07) is 7.10. The summed E-state index contributed by atoms with van der Waals surface area (Å²) >= 11 is 0. The number of imidazole rings is 1. The number of carbonyl (C=O) groups is 2. The molecule has 2 aromatic rings. The molecule has 1 fully saturated rings. The average Bonchev–Trinajstić information content (AvgIpc) is 3.28. The molecular weight excluding hydrogens is 410 g/mol. The van der Waals surface area contributed by atoms with Crippen LogP contribution in [-0.4, -0.2) is 59.2 Å². The first-order chi connectivity index (χ1) is 15.4. The minimum absolute atomic E-state index is 0.101. The third kappa shape index (κ3) is 4.57. The molecule has 2 N–H and O–H groups in total. The number of methoxy groups -OCH3 is 1. The molecule has 2 aliphatic heterocycles. The van der Waals surface area contributed by atoms with E-state index in [2.05, 4.69) is 29.5 Å². The van der Waals surface area contributed by atoms with Crippen molar-refractivity contribution in [3.8, 4) is 5.75 Å². The van der Waals surface area contributed by atoms with Crippen LogP contribution in [0.25, 0.3) is 0 Å². The molecule has 1 saturated heterocycles. The van der Waals surface area contributed by atoms with Gasteiger partial charge in [-0.15, -0.1) is 0 Å². The van der Waals surface area contributed by atoms with Crippen LogP contribution in [0.5, 0.6) is 5.75 Å². The molecular formula is C23H31N5O4. The van der Waals surface area contributed by atoms with Crippen LogP contribution >= 0.6 is 0 Å². The second-order valence-electron chi connectivity index (χ2n) is 8.79. The standard InChI is InChI=1S/C23H31N5O4/c1-16(2)14-25-20(29)19-15-28-12-9-24-21(28)23(32-19)7-10-27(11-8-23)22(30)26-17-5-4-6-18(13-17)31-3/h4-6,9,12-13,16,19H,7-8,10-11,14-15H2,1-3H3,(H,25,29)(H,26,30)/t19-/m0/s1. The molecule has 3 heterocycles. The lowest BCUT2D eigenvalue weighted by atomic mass is 9.88. The van der Waals surface area contributed by atoms with E-state index in [0.717, 1.165) is 5.82 Å². The number of fused-ring (bicyclic) bond motifs is 2. The van der Waals surface area contributed by atoms with E-state index in [-0.39, 0.29) is 11.9 Å². The van der Waals surface area contributed by atoms with Gasteiger partial charge in [-0.3, -0.25) is 4.79 Å². The van der Waals surface area contributed by atoms with Gasteiger partial charge >= 0.3 is 6.03 Å². The second-order valence-corrected chi connectivity index (χ2v) is 8.79. The fourth-order valence-electron chi connectivity index (χ4n) is 4.27. The van der Waals surface area contributed by atoms with Gasteiger partial charge in [-0.25, -0.2) is 9.78 Å². The number of piperidine rings is 1. The number of rotatable bonds is 5. The van der Waals surface area contributed by atoms with E-state index < -0.39 is 11.7 Å². The summed E-state index contributed by atoms with van der Waals surface area (Å²) in [4.78, 5) is 31.8. The molecule has 4 rings (SSSR count). The van der Waals surface area contributed by atoms with E-state index in [9.17, 15) is 9.59 Å². The molecule has 32 heavy (non-hydrogen) atoms. The Morgan fingerprint density at radius 2 is 2.09 bits per heavy atom. The van der Waals surface area contributed by atoms with Crippen molar-refractivity contribution in [2.45, 2.75) is 44.9 Å². The Morgan fingerprint density at radius 1 is 1.31 bits per heavy atom. The Balaban J connectivity index is 1.42. The molecule has 9 nitrogen and oxygen atoms in total. The van der Waals surface area contributed by atoms with E-state index >= 15 is 0 Å². The maximum absolute atomic E-state index is 12.8. The third-order valence-electron chi connectivity index (χ3n) is 6.01. The topological polar surface area (TPSA) is 97.7 Å². The highest BCUT2D eigenvalue weighted by atomic mass is 16.5. The van der Waals surface area contributed by atoms with Crippen LogP contribution in [0.2, 0.25) is 0 Å². The summed E-state index contributed by atoms with van der Waals surface area (Å²) in [6.07, 6.45) is 4.21. The van der Waals surface area contributed by atoms with Gasteiger partial charge in [0.05, 0.1) is 13.7 Å². The van der Waals surface area contributed by atoms with Gasteiger partial charge in [0.25, 0.3) is 5.91 Å². The lowest BCUT2D eigenvalue weighted by molar-refractivity contribution is -0.171. The largest absolute Gasteiger partial charge is 0.497 e. The van der Waals surface area contributed by atoms with Gasteiger partial charge in [0.2, 0.25) is 0 Å². The summed E-state index contributed by atoms with van der Waals surface area (Å²) in [7, 11) is 1.59. The summed E-state index contributed by atoms with van der Waals surface area (Å²) in [6.45, 7) is 6.18. The van der Waals surface area contributed by atoms with Crippen LogP contribution in [0.3, 0.4) is 0 Å². The van der Waals surface area contributed by atoms with E-state index in [1.54, 1.807) is 24.3 Å². The van der Waals surface area contributed by atoms with Crippen molar-refractivity contribution in [1.29, 1.82) is 0 Å². The number of nitrogens with zero attached hydrogens (tertiary/aromatic N) is 3. The zero-order chi connectivity index (χ0) is 22.7. The van der Waals surface area contributed by atoms with Crippen molar-refractivity contribution in [2.75, 3.05) is 32.1 Å². The first kappa shape index (κ1) is 22.1. The van der Waals surface area contributed by atoms with Crippen molar-refractivity contribution >= 4 is 17.6 Å². The minimum atomic E-state index is -0.672. The smallest absolute Gasteiger partial charge is 0.321 e. The summed E-state index contributed by atoms with van der Waals surface area (Å²) in [5, 5.41) is 5.91. The molecule has 1 aromatic carbocycles. The Kier molecular flexibility index (Phi) is 6.36. The number of ether oxygens (including phenoxy) is 2. The minimum Gasteiger partial charge on any atom is -0.497 e. The van der Waals surface area contributed by atoms with Crippen LogP contribution in [0, 0.1) is 5.92 Å². The average molecular weight is 442 g/mol. The Bertz CT molecular complexity index is 965. The Hall–Kier alpha value is -3.07. The molecule has 0 radical (unpaired) electrons. The zero-order valence-electron chi connectivity index (χ0n) is 18.8. The van der Waals surface area contributed by atoms with Crippen molar-refractivity contribution in [3.05, 3.63) is 42.5 Å². The highest BCUT2D eigenvalue weighted by Crippen LogP contribution is 2.40. The Labute approximate surface area is 188 Å². The van der Waals surface area contributed by atoms with E-state index in [1.165, 1.54) is 0 Å². The summed E-state index contributed by atoms with van der Waals surface area (Å²) in [5.74, 6) is 1.78. The zero-order valence-corrected chi connectivity index (χ0v) is 18.8. The van der Waals surface area contributed by atoms with Crippen LogP contribution < -0.4 is 15.4 Å². The fourth-order valence-corrected chi connectivity index (χ4v) is 4.27. The first-order valence-electron chi connectivity index (χ1n) is 11.1. The fraction of sp³-hybridized carbons (Fsp3) is 0.522.